The number of aliphatic hydroxyl groups excluding tert-OH is 1. The molecule has 2 aromatic heterocycles. The first-order valence-electron chi connectivity index (χ1n) is 13.2. The Morgan fingerprint density at radius 3 is 2.77 bits per heavy atom. The van der Waals surface area contributed by atoms with Crippen LogP contribution in [0.3, 0.4) is 0 Å². The maximum atomic E-state index is 13.4. The van der Waals surface area contributed by atoms with Crippen LogP contribution < -0.4 is 16.0 Å². The number of fused-ring (bicyclic) bond motifs is 1. The Labute approximate surface area is 237 Å². The van der Waals surface area contributed by atoms with Gasteiger partial charge < -0.3 is 30.7 Å². The molecule has 210 valence electrons. The standard InChI is InChI=1S/C28H32ClN7O4/c1-16(26(38)34-23(15-37)17-5-8-31-24(12-17)30-2)36-14-19-4-3-18(11-21(19)27(36)39)25-22(29)13-32-28(35-25)33-20-6-9-40-10-7-20/h3-5,8,11-13,16,20,23,37H,6-7,9-10,14-15H2,1-2H3,(H,30,31)(H,34,38)(H,32,33,35). The first kappa shape index (κ1) is 27.8. The highest BCUT2D eigenvalue weighted by molar-refractivity contribution is 6.33. The summed E-state index contributed by atoms with van der Waals surface area (Å²) in [6.45, 7) is 3.06. The third kappa shape index (κ3) is 5.86. The molecule has 0 aliphatic carbocycles. The van der Waals surface area contributed by atoms with Gasteiger partial charge in [-0.1, -0.05) is 23.7 Å². The molecule has 0 saturated carbocycles. The molecule has 1 aromatic carbocycles. The highest BCUT2D eigenvalue weighted by Gasteiger charge is 2.35. The first-order valence-corrected chi connectivity index (χ1v) is 13.6. The van der Waals surface area contributed by atoms with Crippen LogP contribution in [0.25, 0.3) is 11.3 Å². The van der Waals surface area contributed by atoms with Gasteiger partial charge in [0.25, 0.3) is 5.91 Å². The number of carbonyl (C=O) groups is 2. The van der Waals surface area contributed by atoms with Crippen LogP contribution in [0, 0.1) is 0 Å². The zero-order chi connectivity index (χ0) is 28.2. The number of halogens is 1. The van der Waals surface area contributed by atoms with Crippen LogP contribution in [0.1, 0.15) is 47.3 Å². The van der Waals surface area contributed by atoms with Gasteiger partial charge in [0, 0.05) is 50.2 Å². The summed E-state index contributed by atoms with van der Waals surface area (Å²) in [5, 5.41) is 19.5. The second-order valence-corrected chi connectivity index (χ2v) is 10.3. The Balaban J connectivity index is 1.30. The monoisotopic (exact) mass is 565 g/mol. The average molecular weight is 566 g/mol. The summed E-state index contributed by atoms with van der Waals surface area (Å²) < 4.78 is 5.42. The third-order valence-corrected chi connectivity index (χ3v) is 7.58. The topological polar surface area (TPSA) is 142 Å². The number of nitrogens with one attached hydrogen (secondary N) is 3. The lowest BCUT2D eigenvalue weighted by Gasteiger charge is -2.26. The van der Waals surface area contributed by atoms with Crippen LogP contribution in [0.5, 0.6) is 0 Å². The van der Waals surface area contributed by atoms with Crippen molar-refractivity contribution in [2.24, 2.45) is 0 Å². The number of hydrogen-bond donors (Lipinski definition) is 4. The molecule has 12 heteroatoms. The minimum Gasteiger partial charge on any atom is -0.394 e. The number of benzene rings is 1. The smallest absolute Gasteiger partial charge is 0.255 e. The van der Waals surface area contributed by atoms with Gasteiger partial charge in [-0.2, -0.15) is 0 Å². The van der Waals surface area contributed by atoms with Gasteiger partial charge in [-0.25, -0.2) is 15.0 Å². The van der Waals surface area contributed by atoms with Crippen LogP contribution in [-0.4, -0.2) is 75.7 Å². The Bertz CT molecular complexity index is 1400. The van der Waals surface area contributed by atoms with E-state index in [1.807, 2.05) is 12.1 Å². The molecule has 0 bridgehead atoms. The van der Waals surface area contributed by atoms with E-state index in [0.717, 1.165) is 18.4 Å². The Morgan fingerprint density at radius 2 is 2.02 bits per heavy atom. The summed E-state index contributed by atoms with van der Waals surface area (Å²) in [5.74, 6) is 0.465. The van der Waals surface area contributed by atoms with Crippen molar-refractivity contribution < 1.29 is 19.4 Å². The van der Waals surface area contributed by atoms with Gasteiger partial charge in [0.05, 0.1) is 29.6 Å². The third-order valence-electron chi connectivity index (χ3n) is 7.30. The highest BCUT2D eigenvalue weighted by Crippen LogP contribution is 2.32. The van der Waals surface area contributed by atoms with Crippen LogP contribution >= 0.6 is 11.6 Å². The molecule has 40 heavy (non-hydrogen) atoms. The molecule has 4 heterocycles. The van der Waals surface area contributed by atoms with E-state index in [4.69, 9.17) is 16.3 Å². The predicted molar refractivity (Wildman–Crippen MR) is 151 cm³/mol. The molecule has 0 spiro atoms. The first-order chi connectivity index (χ1) is 19.4. The molecule has 2 amide bonds. The molecule has 1 saturated heterocycles. The lowest BCUT2D eigenvalue weighted by atomic mass is 10.0. The largest absolute Gasteiger partial charge is 0.394 e. The van der Waals surface area contributed by atoms with E-state index in [-0.39, 0.29) is 24.5 Å². The fourth-order valence-corrected chi connectivity index (χ4v) is 5.12. The van der Waals surface area contributed by atoms with Gasteiger partial charge in [-0.05, 0) is 49.1 Å². The number of anilines is 2. The number of ether oxygens (including phenoxy) is 1. The van der Waals surface area contributed by atoms with Crippen molar-refractivity contribution in [1.82, 2.24) is 25.2 Å². The molecule has 5 rings (SSSR count). The van der Waals surface area contributed by atoms with Gasteiger partial charge in [0.1, 0.15) is 11.9 Å². The molecule has 2 unspecified atom stereocenters. The van der Waals surface area contributed by atoms with E-state index in [9.17, 15) is 14.7 Å². The lowest BCUT2D eigenvalue weighted by molar-refractivity contribution is -0.126. The molecule has 0 radical (unpaired) electrons. The number of aromatic nitrogens is 3. The van der Waals surface area contributed by atoms with Crippen molar-refractivity contribution in [2.45, 2.75) is 44.4 Å². The maximum Gasteiger partial charge on any atom is 0.255 e. The van der Waals surface area contributed by atoms with Crippen LogP contribution in [0.2, 0.25) is 5.02 Å². The Hall–Kier alpha value is -3.80. The van der Waals surface area contributed by atoms with E-state index in [0.29, 0.717) is 58.9 Å². The molecular formula is C28H32ClN7O4. The molecule has 1 fully saturated rings. The molecule has 2 atom stereocenters. The molecule has 2 aliphatic heterocycles. The van der Waals surface area contributed by atoms with Gasteiger partial charge in [0.2, 0.25) is 11.9 Å². The second-order valence-electron chi connectivity index (χ2n) is 9.87. The average Bonchev–Trinajstić information content (AvgIpc) is 3.32. The van der Waals surface area contributed by atoms with Crippen molar-refractivity contribution >= 4 is 35.2 Å². The van der Waals surface area contributed by atoms with E-state index in [2.05, 4.69) is 30.9 Å². The molecular weight excluding hydrogens is 534 g/mol. The van der Waals surface area contributed by atoms with Crippen molar-refractivity contribution in [3.8, 4) is 11.3 Å². The molecule has 11 nitrogen and oxygen atoms in total. The summed E-state index contributed by atoms with van der Waals surface area (Å²) in [6, 6.07) is 7.81. The summed E-state index contributed by atoms with van der Waals surface area (Å²) in [4.78, 5) is 41.2. The Morgan fingerprint density at radius 1 is 1.23 bits per heavy atom. The summed E-state index contributed by atoms with van der Waals surface area (Å²) in [7, 11) is 1.74. The minimum atomic E-state index is -0.763. The van der Waals surface area contributed by atoms with Crippen molar-refractivity contribution in [3.63, 3.8) is 0 Å². The van der Waals surface area contributed by atoms with E-state index in [1.54, 1.807) is 44.6 Å². The second kappa shape index (κ2) is 12.2. The Kier molecular flexibility index (Phi) is 8.43. The van der Waals surface area contributed by atoms with Crippen molar-refractivity contribution in [3.05, 3.63) is 64.4 Å². The number of nitrogens with zero attached hydrogens (tertiary/aromatic N) is 4. The summed E-state index contributed by atoms with van der Waals surface area (Å²) in [5.41, 5.74) is 3.22. The summed E-state index contributed by atoms with van der Waals surface area (Å²) in [6.07, 6.45) is 4.90. The lowest BCUT2D eigenvalue weighted by Crippen LogP contribution is -2.46. The number of aliphatic hydroxyl groups is 1. The normalized spacial score (nSPS) is 16.8. The molecule has 3 aromatic rings. The maximum absolute atomic E-state index is 13.4. The molecule has 2 aliphatic rings. The quantitative estimate of drug-likeness (QED) is 0.308. The van der Waals surface area contributed by atoms with Crippen LogP contribution in [0.15, 0.2) is 42.7 Å². The number of rotatable bonds is 9. The number of carbonyl (C=O) groups excluding carboxylic acids is 2. The van der Waals surface area contributed by atoms with Crippen LogP contribution in [-0.2, 0) is 16.1 Å². The van der Waals surface area contributed by atoms with E-state index >= 15 is 0 Å². The van der Waals surface area contributed by atoms with Crippen LogP contribution in [0.4, 0.5) is 11.8 Å². The highest BCUT2D eigenvalue weighted by atomic mass is 35.5. The SMILES string of the molecule is CNc1cc(C(CO)NC(=O)C(C)N2Cc3ccc(-c4nc(NC5CCOCC5)ncc4Cl)cc3C2=O)ccn1. The van der Waals surface area contributed by atoms with Gasteiger partial charge >= 0.3 is 0 Å². The number of hydrogen-bond acceptors (Lipinski definition) is 9. The predicted octanol–water partition coefficient (Wildman–Crippen LogP) is 3.02. The fraction of sp³-hybridized carbons (Fsp3) is 0.393. The molecule has 4 N–H and O–H groups in total. The van der Waals surface area contributed by atoms with Crippen molar-refractivity contribution in [2.75, 3.05) is 37.5 Å². The minimum absolute atomic E-state index is 0.222. The van der Waals surface area contributed by atoms with Gasteiger partial charge in [-0.15, -0.1) is 0 Å². The van der Waals surface area contributed by atoms with Gasteiger partial charge in [0.15, 0.2) is 0 Å². The number of pyridine rings is 1. The summed E-state index contributed by atoms with van der Waals surface area (Å²) >= 11 is 6.46. The number of amides is 2. The zero-order valence-corrected chi connectivity index (χ0v) is 23.1. The van der Waals surface area contributed by atoms with Crippen molar-refractivity contribution in [1.29, 1.82) is 0 Å². The fourth-order valence-electron chi connectivity index (χ4n) is 4.92. The van der Waals surface area contributed by atoms with Gasteiger partial charge in [-0.3, -0.25) is 9.59 Å². The zero-order valence-electron chi connectivity index (χ0n) is 22.4. The van der Waals surface area contributed by atoms with E-state index < -0.39 is 12.1 Å². The van der Waals surface area contributed by atoms with E-state index in [1.165, 1.54) is 4.90 Å².